The highest BCUT2D eigenvalue weighted by Crippen LogP contribution is 2.39. The molecule has 0 bridgehead atoms. The Labute approximate surface area is 173 Å². The molecule has 5 fully saturated rings. The Balaban J connectivity index is 1.08. The minimum Gasteiger partial charge on any atom is -0.358 e. The third-order valence-corrected chi connectivity index (χ3v) is 8.52. The van der Waals surface area contributed by atoms with Crippen molar-refractivity contribution in [3.8, 4) is 0 Å². The van der Waals surface area contributed by atoms with E-state index in [1.165, 1.54) is 44.9 Å². The van der Waals surface area contributed by atoms with Gasteiger partial charge >= 0.3 is 0 Å². The van der Waals surface area contributed by atoms with Crippen molar-refractivity contribution in [3.63, 3.8) is 0 Å². The van der Waals surface area contributed by atoms with Crippen LogP contribution in [0.15, 0.2) is 0 Å². The van der Waals surface area contributed by atoms with Gasteiger partial charge in [0.1, 0.15) is 17.9 Å². The first-order valence-corrected chi connectivity index (χ1v) is 12.8. The third kappa shape index (κ3) is 4.70. The normalized spacial score (nSPS) is 43.6. The Kier molecular flexibility index (Phi) is 6.48. The monoisotopic (exact) mass is 412 g/mol. The van der Waals surface area contributed by atoms with E-state index < -0.39 is 6.17 Å². The maximum atomic E-state index is 13.4. The van der Waals surface area contributed by atoms with Crippen LogP contribution in [0.4, 0.5) is 4.39 Å². The lowest BCUT2D eigenvalue weighted by Crippen LogP contribution is -2.49. The van der Waals surface area contributed by atoms with Crippen LogP contribution in [0.2, 0.25) is 0 Å². The molecule has 5 aliphatic rings. The van der Waals surface area contributed by atoms with Gasteiger partial charge in [-0.2, -0.15) is 0 Å². The molecule has 2 heterocycles. The number of alkyl halides is 1. The summed E-state index contributed by atoms with van der Waals surface area (Å²) in [4.78, 5) is 0. The molecule has 4 unspecified atom stereocenters. The summed E-state index contributed by atoms with van der Waals surface area (Å²) in [5, 5.41) is 9.99. The fourth-order valence-corrected chi connectivity index (χ4v) is 6.60. The van der Waals surface area contributed by atoms with E-state index in [9.17, 15) is 4.39 Å². The van der Waals surface area contributed by atoms with Crippen LogP contribution in [-0.4, -0.2) is 53.5 Å². The minimum atomic E-state index is -0.581. The summed E-state index contributed by atoms with van der Waals surface area (Å²) < 4.78 is 19.7. The van der Waals surface area contributed by atoms with E-state index >= 15 is 0 Å². The summed E-state index contributed by atoms with van der Waals surface area (Å²) in [7, 11) is 0. The highest BCUT2D eigenvalue weighted by atomic mass is 32.2. The summed E-state index contributed by atoms with van der Waals surface area (Å²) in [5.41, 5.74) is 4.09. The van der Waals surface area contributed by atoms with Gasteiger partial charge in [0.15, 0.2) is 0 Å². The van der Waals surface area contributed by atoms with Gasteiger partial charge in [0.2, 0.25) is 0 Å². The highest BCUT2D eigenvalue weighted by molar-refractivity contribution is 7.99. The maximum absolute atomic E-state index is 13.4. The van der Waals surface area contributed by atoms with Gasteiger partial charge in [0, 0.05) is 18.3 Å². The fraction of sp³-hybridized carbons (Fsp3) is 1.00. The second-order valence-electron chi connectivity index (χ2n) is 9.57. The van der Waals surface area contributed by atoms with E-state index in [1.807, 2.05) is 11.8 Å². The van der Waals surface area contributed by atoms with Gasteiger partial charge in [-0.15, -0.1) is 11.8 Å². The molecule has 28 heavy (non-hydrogen) atoms. The Morgan fingerprint density at radius 3 is 2.43 bits per heavy atom. The van der Waals surface area contributed by atoms with Crippen molar-refractivity contribution in [2.24, 2.45) is 11.8 Å². The van der Waals surface area contributed by atoms with Crippen molar-refractivity contribution < 1.29 is 9.13 Å². The molecule has 0 aromatic carbocycles. The number of hydrazine groups is 1. The van der Waals surface area contributed by atoms with Gasteiger partial charge in [-0.1, -0.05) is 19.3 Å². The molecule has 3 saturated carbocycles. The number of hydrogen-bond acceptors (Lipinski definition) is 6. The van der Waals surface area contributed by atoms with E-state index in [0.717, 1.165) is 43.9 Å². The van der Waals surface area contributed by atoms with Gasteiger partial charge in [-0.25, -0.2) is 14.8 Å². The largest absolute Gasteiger partial charge is 0.358 e. The Morgan fingerprint density at radius 1 is 0.929 bits per heavy atom. The average Bonchev–Trinajstić information content (AvgIpc) is 3.31. The molecule has 0 radical (unpaired) electrons. The highest BCUT2D eigenvalue weighted by Gasteiger charge is 2.44. The molecular formula is C21H37FN4OS. The second-order valence-corrected chi connectivity index (χ2v) is 10.7. The van der Waals surface area contributed by atoms with Crippen LogP contribution in [-0.2, 0) is 4.74 Å². The molecule has 0 spiro atoms. The molecule has 5 rings (SSSR count). The molecule has 0 aromatic heterocycles. The summed E-state index contributed by atoms with van der Waals surface area (Å²) in [6, 6.07) is 0.702. The molecule has 160 valence electrons. The Bertz CT molecular complexity index is 511. The number of nitrogens with one attached hydrogen (secondary N) is 3. The zero-order chi connectivity index (χ0) is 18.9. The summed E-state index contributed by atoms with van der Waals surface area (Å²) >= 11 is 1.94. The summed E-state index contributed by atoms with van der Waals surface area (Å²) in [5.74, 6) is 2.32. The predicted octanol–water partition coefficient (Wildman–Crippen LogP) is 3.32. The van der Waals surface area contributed by atoms with Crippen LogP contribution in [0.1, 0.15) is 70.6 Å². The molecule has 0 aromatic rings. The van der Waals surface area contributed by atoms with E-state index in [-0.39, 0.29) is 12.3 Å². The summed E-state index contributed by atoms with van der Waals surface area (Å²) in [6.45, 7) is 0.928. The summed E-state index contributed by atoms with van der Waals surface area (Å²) in [6.07, 6.45) is 13.3. The number of halogens is 1. The smallest absolute Gasteiger partial charge is 0.120 e. The van der Waals surface area contributed by atoms with Gasteiger partial charge < -0.3 is 4.74 Å². The standard InChI is InChI=1S/C21H37FN4OS/c22-16-10-8-14(9-11-16)18-12-23-19(27-18)13-28-21-24-20(15-6-7-15)26(25-21)17-4-2-1-3-5-17/h14-21,23-25H,1-13H2. The number of rotatable bonds is 6. The molecule has 2 saturated heterocycles. The lowest BCUT2D eigenvalue weighted by atomic mass is 9.84. The fourth-order valence-electron chi connectivity index (χ4n) is 5.61. The first kappa shape index (κ1) is 20.0. The van der Waals surface area contributed by atoms with Crippen molar-refractivity contribution in [2.75, 3.05) is 12.3 Å². The third-order valence-electron chi connectivity index (χ3n) is 7.45. The zero-order valence-corrected chi connectivity index (χ0v) is 17.8. The maximum Gasteiger partial charge on any atom is 0.120 e. The molecule has 2 aliphatic heterocycles. The number of hydrogen-bond donors (Lipinski definition) is 3. The Morgan fingerprint density at radius 2 is 1.68 bits per heavy atom. The Hall–Kier alpha value is 0.0800. The molecule has 4 atom stereocenters. The van der Waals surface area contributed by atoms with E-state index in [2.05, 4.69) is 21.1 Å². The molecular weight excluding hydrogens is 375 g/mol. The molecule has 7 heteroatoms. The predicted molar refractivity (Wildman–Crippen MR) is 111 cm³/mol. The van der Waals surface area contributed by atoms with Crippen molar-refractivity contribution in [2.45, 2.75) is 107 Å². The van der Waals surface area contributed by atoms with Crippen molar-refractivity contribution in [1.82, 2.24) is 21.1 Å². The van der Waals surface area contributed by atoms with E-state index in [4.69, 9.17) is 4.74 Å². The molecule has 3 N–H and O–H groups in total. The van der Waals surface area contributed by atoms with Crippen LogP contribution >= 0.6 is 11.8 Å². The van der Waals surface area contributed by atoms with Crippen LogP contribution in [0.3, 0.4) is 0 Å². The molecule has 0 amide bonds. The molecule has 5 nitrogen and oxygen atoms in total. The minimum absolute atomic E-state index is 0.129. The number of nitrogens with zero attached hydrogens (tertiary/aromatic N) is 1. The van der Waals surface area contributed by atoms with Crippen LogP contribution in [0.25, 0.3) is 0 Å². The van der Waals surface area contributed by atoms with Crippen LogP contribution in [0.5, 0.6) is 0 Å². The van der Waals surface area contributed by atoms with Crippen molar-refractivity contribution in [1.29, 1.82) is 0 Å². The first-order valence-electron chi connectivity index (χ1n) is 11.7. The lowest BCUT2D eigenvalue weighted by Gasteiger charge is -2.34. The quantitative estimate of drug-likeness (QED) is 0.622. The van der Waals surface area contributed by atoms with Crippen molar-refractivity contribution >= 4 is 11.8 Å². The number of thioether (sulfide) groups is 1. The van der Waals surface area contributed by atoms with E-state index in [1.54, 1.807) is 0 Å². The zero-order valence-electron chi connectivity index (χ0n) is 17.0. The van der Waals surface area contributed by atoms with Gasteiger partial charge in [-0.05, 0) is 63.2 Å². The van der Waals surface area contributed by atoms with Gasteiger partial charge in [0.25, 0.3) is 0 Å². The van der Waals surface area contributed by atoms with Gasteiger partial charge in [0.05, 0.1) is 12.3 Å². The lowest BCUT2D eigenvalue weighted by molar-refractivity contribution is 0.00425. The van der Waals surface area contributed by atoms with E-state index in [0.29, 0.717) is 23.6 Å². The topological polar surface area (TPSA) is 48.6 Å². The average molecular weight is 413 g/mol. The first-order chi connectivity index (χ1) is 13.8. The van der Waals surface area contributed by atoms with Gasteiger partial charge in [-0.3, -0.25) is 10.6 Å². The van der Waals surface area contributed by atoms with Crippen molar-refractivity contribution in [3.05, 3.63) is 0 Å². The second kappa shape index (κ2) is 9.06. The molecule has 3 aliphatic carbocycles. The van der Waals surface area contributed by atoms with Crippen LogP contribution < -0.4 is 16.1 Å². The SMILES string of the molecule is FC1CCC(C2CNC(CSC3NC(C4CC4)N(C4CCCCC4)N3)O2)CC1. The number of ether oxygens (including phenoxy) is 1. The van der Waals surface area contributed by atoms with Crippen LogP contribution in [0, 0.1) is 11.8 Å².